The number of thioether (sulfide) groups is 1. The van der Waals surface area contributed by atoms with Crippen molar-refractivity contribution in [2.45, 2.75) is 12.8 Å². The molecule has 2 heterocycles. The van der Waals surface area contributed by atoms with Gasteiger partial charge in [0.05, 0.1) is 15.4 Å². The first-order valence-electron chi connectivity index (χ1n) is 8.17. The number of carbonyl (C=O) groups excluding carboxylic acids is 2. The van der Waals surface area contributed by atoms with E-state index in [1.54, 1.807) is 30.3 Å². The standard InChI is InChI=1S/C18H14N2O7S/c21-16(22)6-3-9-19-17(23)15(28-18(19)24)10-11-7-8-14(27-11)12-4-1-2-5-13(12)20(25)26/h1-2,4-5,7-8,10H,3,6,9H2,(H,21,22)/b15-10+. The van der Waals surface area contributed by atoms with Gasteiger partial charge in [-0.25, -0.2) is 0 Å². The highest BCUT2D eigenvalue weighted by molar-refractivity contribution is 8.18. The molecule has 0 unspecified atom stereocenters. The van der Waals surface area contributed by atoms with Gasteiger partial charge in [0.1, 0.15) is 11.5 Å². The zero-order chi connectivity index (χ0) is 20.3. The Balaban J connectivity index is 1.79. The topological polar surface area (TPSA) is 131 Å². The molecule has 3 rings (SSSR count). The Morgan fingerprint density at radius 3 is 2.71 bits per heavy atom. The average Bonchev–Trinajstić information content (AvgIpc) is 3.21. The summed E-state index contributed by atoms with van der Waals surface area (Å²) in [4.78, 5) is 46.7. The Labute approximate surface area is 162 Å². The molecule has 1 saturated heterocycles. The minimum absolute atomic E-state index is 0.0217. The number of amides is 2. The summed E-state index contributed by atoms with van der Waals surface area (Å²) in [5.74, 6) is -0.993. The van der Waals surface area contributed by atoms with E-state index in [-0.39, 0.29) is 41.5 Å². The fraction of sp³-hybridized carbons (Fsp3) is 0.167. The molecule has 2 aromatic rings. The van der Waals surface area contributed by atoms with Crippen molar-refractivity contribution < 1.29 is 28.8 Å². The smallest absolute Gasteiger partial charge is 0.303 e. The second kappa shape index (κ2) is 8.09. The molecule has 1 aliphatic rings. The zero-order valence-corrected chi connectivity index (χ0v) is 15.2. The van der Waals surface area contributed by atoms with Gasteiger partial charge >= 0.3 is 5.97 Å². The van der Waals surface area contributed by atoms with Gasteiger partial charge in [0.25, 0.3) is 16.8 Å². The Morgan fingerprint density at radius 2 is 2.00 bits per heavy atom. The molecular formula is C18H14N2O7S. The number of para-hydroxylation sites is 1. The van der Waals surface area contributed by atoms with Crippen molar-refractivity contribution >= 4 is 40.6 Å². The van der Waals surface area contributed by atoms with Crippen LogP contribution in [0.3, 0.4) is 0 Å². The van der Waals surface area contributed by atoms with Gasteiger partial charge in [0, 0.05) is 25.1 Å². The quantitative estimate of drug-likeness (QED) is 0.421. The summed E-state index contributed by atoms with van der Waals surface area (Å²) in [7, 11) is 0. The number of nitro groups is 1. The SMILES string of the molecule is O=C(O)CCCN1C(=O)S/C(=C/c2ccc(-c3ccccc3[N+](=O)[O-])o2)C1=O. The lowest BCUT2D eigenvalue weighted by Crippen LogP contribution is -2.29. The molecule has 0 aliphatic carbocycles. The molecule has 1 aliphatic heterocycles. The zero-order valence-electron chi connectivity index (χ0n) is 14.4. The second-order valence-corrected chi connectivity index (χ2v) is 6.80. The van der Waals surface area contributed by atoms with E-state index in [4.69, 9.17) is 9.52 Å². The molecule has 144 valence electrons. The van der Waals surface area contributed by atoms with Crippen molar-refractivity contribution in [2.75, 3.05) is 6.54 Å². The Morgan fingerprint density at radius 1 is 1.25 bits per heavy atom. The number of imide groups is 1. The fourth-order valence-electron chi connectivity index (χ4n) is 2.63. The minimum atomic E-state index is -0.999. The predicted molar refractivity (Wildman–Crippen MR) is 100 cm³/mol. The number of nitrogens with zero attached hydrogens (tertiary/aromatic N) is 2. The summed E-state index contributed by atoms with van der Waals surface area (Å²) in [5, 5.41) is 19.3. The van der Waals surface area contributed by atoms with Crippen LogP contribution < -0.4 is 0 Å². The van der Waals surface area contributed by atoms with Crippen molar-refractivity contribution in [1.82, 2.24) is 4.90 Å². The van der Waals surface area contributed by atoms with Gasteiger partial charge in [-0.2, -0.15) is 0 Å². The molecule has 9 nitrogen and oxygen atoms in total. The van der Waals surface area contributed by atoms with E-state index in [0.29, 0.717) is 5.56 Å². The Kier molecular flexibility index (Phi) is 5.59. The number of hydrogen-bond acceptors (Lipinski definition) is 7. The van der Waals surface area contributed by atoms with Gasteiger partial charge < -0.3 is 9.52 Å². The van der Waals surface area contributed by atoms with E-state index in [1.165, 1.54) is 12.1 Å². The lowest BCUT2D eigenvalue weighted by molar-refractivity contribution is -0.384. The van der Waals surface area contributed by atoms with Gasteiger partial charge in [-0.15, -0.1) is 0 Å². The number of carbonyl (C=O) groups is 3. The lowest BCUT2D eigenvalue weighted by atomic mass is 10.1. The number of rotatable bonds is 7. The van der Waals surface area contributed by atoms with Crippen molar-refractivity contribution in [3.05, 3.63) is 57.2 Å². The van der Waals surface area contributed by atoms with Gasteiger partial charge in [-0.3, -0.25) is 29.4 Å². The first-order chi connectivity index (χ1) is 13.4. The molecule has 1 aromatic heterocycles. The third-order valence-electron chi connectivity index (χ3n) is 3.91. The lowest BCUT2D eigenvalue weighted by Gasteiger charge is -2.10. The van der Waals surface area contributed by atoms with E-state index in [2.05, 4.69) is 0 Å². The van der Waals surface area contributed by atoms with Gasteiger partial charge in [0.15, 0.2) is 0 Å². The van der Waals surface area contributed by atoms with E-state index in [9.17, 15) is 24.5 Å². The first kappa shape index (κ1) is 19.4. The second-order valence-electron chi connectivity index (χ2n) is 5.81. The molecule has 10 heteroatoms. The van der Waals surface area contributed by atoms with Crippen molar-refractivity contribution in [1.29, 1.82) is 0 Å². The highest BCUT2D eigenvalue weighted by atomic mass is 32.2. The molecule has 0 bridgehead atoms. The van der Waals surface area contributed by atoms with Crippen LogP contribution in [-0.4, -0.2) is 38.6 Å². The molecule has 2 amide bonds. The molecule has 0 saturated carbocycles. The summed E-state index contributed by atoms with van der Waals surface area (Å²) in [5.41, 5.74) is 0.191. The molecule has 0 atom stereocenters. The van der Waals surface area contributed by atoms with E-state index in [0.717, 1.165) is 16.7 Å². The number of furan rings is 1. The maximum absolute atomic E-state index is 12.4. The number of hydrogen-bond donors (Lipinski definition) is 1. The molecule has 1 fully saturated rings. The third kappa shape index (κ3) is 4.12. The Hall–Kier alpha value is -3.40. The van der Waals surface area contributed by atoms with Crippen LogP contribution in [-0.2, 0) is 9.59 Å². The number of carboxylic acid groups (broad SMARTS) is 1. The highest BCUT2D eigenvalue weighted by Gasteiger charge is 2.35. The van der Waals surface area contributed by atoms with Crippen molar-refractivity contribution in [3.63, 3.8) is 0 Å². The third-order valence-corrected chi connectivity index (χ3v) is 4.82. The van der Waals surface area contributed by atoms with Crippen LogP contribution in [0, 0.1) is 10.1 Å². The van der Waals surface area contributed by atoms with Crippen LogP contribution in [0.25, 0.3) is 17.4 Å². The average molecular weight is 402 g/mol. The summed E-state index contributed by atoms with van der Waals surface area (Å²) >= 11 is 0.731. The largest absolute Gasteiger partial charge is 0.481 e. The Bertz CT molecular complexity index is 995. The number of nitro benzene ring substituents is 1. The number of aliphatic carboxylic acids is 1. The molecule has 1 aromatic carbocycles. The summed E-state index contributed by atoms with van der Waals surface area (Å²) in [6.07, 6.45) is 1.42. The van der Waals surface area contributed by atoms with Crippen molar-refractivity contribution in [3.8, 4) is 11.3 Å². The molecule has 0 spiro atoms. The highest BCUT2D eigenvalue weighted by Crippen LogP contribution is 2.35. The maximum atomic E-state index is 12.4. The monoisotopic (exact) mass is 402 g/mol. The number of benzene rings is 1. The van der Waals surface area contributed by atoms with Crippen LogP contribution >= 0.6 is 11.8 Å². The molecule has 28 heavy (non-hydrogen) atoms. The molecular weight excluding hydrogens is 388 g/mol. The van der Waals surface area contributed by atoms with E-state index < -0.39 is 22.0 Å². The number of carboxylic acids is 1. The van der Waals surface area contributed by atoms with Crippen LogP contribution in [0.5, 0.6) is 0 Å². The molecule has 1 N–H and O–H groups in total. The van der Waals surface area contributed by atoms with Gasteiger partial charge in [-0.1, -0.05) is 12.1 Å². The normalized spacial score (nSPS) is 15.4. The van der Waals surface area contributed by atoms with Gasteiger partial charge in [-0.05, 0) is 36.4 Å². The van der Waals surface area contributed by atoms with Crippen LogP contribution in [0.15, 0.2) is 45.7 Å². The van der Waals surface area contributed by atoms with Gasteiger partial charge in [0.2, 0.25) is 0 Å². The molecule has 0 radical (unpaired) electrons. The maximum Gasteiger partial charge on any atom is 0.303 e. The van der Waals surface area contributed by atoms with Crippen LogP contribution in [0.4, 0.5) is 10.5 Å². The van der Waals surface area contributed by atoms with E-state index in [1.807, 2.05) is 0 Å². The van der Waals surface area contributed by atoms with Crippen LogP contribution in [0.1, 0.15) is 18.6 Å². The summed E-state index contributed by atoms with van der Waals surface area (Å²) in [6.45, 7) is 0.0217. The first-order valence-corrected chi connectivity index (χ1v) is 8.99. The van der Waals surface area contributed by atoms with Crippen LogP contribution in [0.2, 0.25) is 0 Å². The van der Waals surface area contributed by atoms with Crippen molar-refractivity contribution in [2.24, 2.45) is 0 Å². The summed E-state index contributed by atoms with van der Waals surface area (Å²) in [6, 6.07) is 9.20. The summed E-state index contributed by atoms with van der Waals surface area (Å²) < 4.78 is 5.60. The minimum Gasteiger partial charge on any atom is -0.481 e. The van der Waals surface area contributed by atoms with E-state index >= 15 is 0 Å². The predicted octanol–water partition coefficient (Wildman–Crippen LogP) is 3.76. The fourth-order valence-corrected chi connectivity index (χ4v) is 3.47.